The molecule has 0 spiro atoms. The molecule has 17 nitrogen and oxygen atoms in total. The van der Waals surface area contributed by atoms with E-state index in [0.717, 1.165) is 27.7 Å². The first-order valence-electron chi connectivity index (χ1n) is 18.2. The maximum atomic E-state index is 13.7. The lowest BCUT2D eigenvalue weighted by Crippen LogP contribution is -2.20. The van der Waals surface area contributed by atoms with E-state index in [1.54, 1.807) is 39.7 Å². The molecule has 0 atom stereocenters. The molecule has 0 radical (unpaired) electrons. The maximum absolute atomic E-state index is 13.7. The van der Waals surface area contributed by atoms with E-state index in [9.17, 15) is 19.5 Å². The summed E-state index contributed by atoms with van der Waals surface area (Å²) in [5.74, 6) is -0.588. The molecule has 0 aliphatic carbocycles. The number of nitrogens with two attached hydrogens (primary N) is 2. The summed E-state index contributed by atoms with van der Waals surface area (Å²) in [6.45, 7) is 9.43. The van der Waals surface area contributed by atoms with Gasteiger partial charge in [0.25, 0.3) is 5.91 Å². The van der Waals surface area contributed by atoms with E-state index >= 15 is 0 Å². The number of benzene rings is 2. The summed E-state index contributed by atoms with van der Waals surface area (Å²) in [6.07, 6.45) is 5.99. The SMILES string of the molecule is CCn1nc(C)cc1C(=O)Nc1nc2cc(C(N)=O)cc(OCCCO)c2n1C/C=C/Cn1c2ccc(C(N)=O)cc2c2cnc(-c3cc(C)nn3CC)nc21. The molecule has 2 aromatic carbocycles. The van der Waals surface area contributed by atoms with Crippen molar-refractivity contribution >= 4 is 56.6 Å². The first-order chi connectivity index (χ1) is 27.0. The van der Waals surface area contributed by atoms with E-state index in [4.69, 9.17) is 31.2 Å². The molecule has 288 valence electrons. The zero-order valence-corrected chi connectivity index (χ0v) is 31.5. The van der Waals surface area contributed by atoms with Crippen molar-refractivity contribution in [3.05, 3.63) is 89.0 Å². The Kier molecular flexibility index (Phi) is 10.3. The first kappa shape index (κ1) is 37.4. The highest BCUT2D eigenvalue weighted by atomic mass is 16.5. The molecular weight excluding hydrogens is 717 g/mol. The molecule has 3 amide bonds. The third-order valence-electron chi connectivity index (χ3n) is 9.37. The van der Waals surface area contributed by atoms with Gasteiger partial charge in [0.2, 0.25) is 17.8 Å². The van der Waals surface area contributed by atoms with Gasteiger partial charge in [-0.15, -0.1) is 0 Å². The number of primary amides is 2. The Hall–Kier alpha value is -6.88. The van der Waals surface area contributed by atoms with Crippen LogP contribution in [0.1, 0.15) is 62.9 Å². The highest BCUT2D eigenvalue weighted by Crippen LogP contribution is 2.33. The predicted octanol–water partition coefficient (Wildman–Crippen LogP) is 4.12. The van der Waals surface area contributed by atoms with Gasteiger partial charge in [0.05, 0.1) is 29.0 Å². The Morgan fingerprint density at radius 1 is 0.857 bits per heavy atom. The Labute approximate surface area is 320 Å². The van der Waals surface area contributed by atoms with E-state index in [1.165, 1.54) is 6.07 Å². The highest BCUT2D eigenvalue weighted by molar-refractivity contribution is 6.09. The minimum atomic E-state index is -0.670. The Morgan fingerprint density at radius 2 is 1.57 bits per heavy atom. The molecule has 17 heteroatoms. The van der Waals surface area contributed by atoms with Crippen molar-refractivity contribution in [3.8, 4) is 17.3 Å². The molecule has 5 heterocycles. The van der Waals surface area contributed by atoms with Crippen LogP contribution in [0, 0.1) is 13.8 Å². The third kappa shape index (κ3) is 7.06. The van der Waals surface area contributed by atoms with Crippen LogP contribution in [0.2, 0.25) is 0 Å². The van der Waals surface area contributed by atoms with Crippen molar-refractivity contribution in [2.75, 3.05) is 18.5 Å². The topological polar surface area (TPSA) is 229 Å². The second kappa shape index (κ2) is 15.5. The van der Waals surface area contributed by atoms with Crippen molar-refractivity contribution in [2.45, 2.75) is 60.3 Å². The quantitative estimate of drug-likeness (QED) is 0.0864. The number of anilines is 1. The molecule has 5 aromatic heterocycles. The number of aliphatic hydroxyl groups is 1. The van der Waals surface area contributed by atoms with Gasteiger partial charge in [-0.3, -0.25) is 29.1 Å². The summed E-state index contributed by atoms with van der Waals surface area (Å²) in [5.41, 5.74) is 16.9. The van der Waals surface area contributed by atoms with Crippen molar-refractivity contribution in [3.63, 3.8) is 0 Å². The number of nitrogens with zero attached hydrogens (tertiary/aromatic N) is 9. The van der Waals surface area contributed by atoms with Crippen LogP contribution in [-0.4, -0.2) is 79.7 Å². The van der Waals surface area contributed by atoms with E-state index in [2.05, 4.69) is 15.5 Å². The van der Waals surface area contributed by atoms with Crippen LogP contribution >= 0.6 is 0 Å². The smallest absolute Gasteiger partial charge is 0.276 e. The highest BCUT2D eigenvalue weighted by Gasteiger charge is 2.22. The lowest BCUT2D eigenvalue weighted by atomic mass is 10.1. The third-order valence-corrected chi connectivity index (χ3v) is 9.37. The fourth-order valence-corrected chi connectivity index (χ4v) is 6.79. The standard InChI is InChI=1S/C39H42N12O5/c1-5-50-30(16-22(3)46-50)36-42-21-27-26-18-24(34(40)53)10-11-29(26)48(37(27)44-36)12-7-8-13-49-33-28(19-25(35(41)54)20-32(33)56-15-9-14-52)43-39(49)45-38(55)31-17-23(4)47-51(31)6-2/h7-8,10-11,16-21,52H,5-6,9,12-15H2,1-4H3,(H2,40,53)(H2,41,54)(H,43,45,55)/b8-7+. The largest absolute Gasteiger partial charge is 0.491 e. The number of aliphatic hydroxyl groups excluding tert-OH is 1. The number of hydrogen-bond donors (Lipinski definition) is 4. The summed E-state index contributed by atoms with van der Waals surface area (Å²) in [5, 5.41) is 22.9. The van der Waals surface area contributed by atoms with Gasteiger partial charge in [-0.05, 0) is 70.2 Å². The number of rotatable bonds is 15. The van der Waals surface area contributed by atoms with Crippen LogP contribution in [0.15, 0.2) is 60.8 Å². The van der Waals surface area contributed by atoms with Crippen molar-refractivity contribution < 1.29 is 24.2 Å². The van der Waals surface area contributed by atoms with Gasteiger partial charge in [-0.1, -0.05) is 12.2 Å². The van der Waals surface area contributed by atoms with Crippen LogP contribution < -0.4 is 21.5 Å². The summed E-state index contributed by atoms with van der Waals surface area (Å²) in [7, 11) is 0. The average Bonchev–Trinajstić information content (AvgIpc) is 3.94. The number of hydrogen-bond acceptors (Lipinski definition) is 10. The molecule has 0 saturated heterocycles. The molecule has 0 saturated carbocycles. The van der Waals surface area contributed by atoms with Gasteiger partial charge in [-0.2, -0.15) is 10.2 Å². The number of nitrogens with one attached hydrogen (secondary N) is 1. The lowest BCUT2D eigenvalue weighted by molar-refractivity contribution is 0.0992. The molecule has 7 aromatic rings. The summed E-state index contributed by atoms with van der Waals surface area (Å²) in [6, 6.07) is 12.0. The van der Waals surface area contributed by atoms with Crippen molar-refractivity contribution in [2.24, 2.45) is 11.5 Å². The molecule has 0 aliphatic rings. The van der Waals surface area contributed by atoms with Gasteiger partial charge in [-0.25, -0.2) is 15.0 Å². The number of carbonyl (C=O) groups is 3. The second-order valence-electron chi connectivity index (χ2n) is 13.2. The number of aryl methyl sites for hydroxylation is 4. The van der Waals surface area contributed by atoms with Gasteiger partial charge in [0.15, 0.2) is 5.82 Å². The monoisotopic (exact) mass is 758 g/mol. The van der Waals surface area contributed by atoms with Gasteiger partial charge >= 0.3 is 0 Å². The normalized spacial score (nSPS) is 11.7. The van der Waals surface area contributed by atoms with Gasteiger partial charge < -0.3 is 30.4 Å². The maximum Gasteiger partial charge on any atom is 0.276 e. The Balaban J connectivity index is 1.30. The number of allylic oxidation sites excluding steroid dienone is 2. The number of amides is 3. The molecule has 6 N–H and O–H groups in total. The molecule has 56 heavy (non-hydrogen) atoms. The fraction of sp³-hybridized carbons (Fsp3) is 0.282. The zero-order chi connectivity index (χ0) is 39.7. The van der Waals surface area contributed by atoms with E-state index in [0.29, 0.717) is 71.3 Å². The number of aromatic nitrogens is 9. The minimum Gasteiger partial charge on any atom is -0.491 e. The minimum absolute atomic E-state index is 0.0899. The molecule has 7 rings (SSSR count). The number of carbonyl (C=O) groups excluding carboxylic acids is 3. The number of imidazole rings is 1. The summed E-state index contributed by atoms with van der Waals surface area (Å²) in [4.78, 5) is 52.5. The summed E-state index contributed by atoms with van der Waals surface area (Å²) < 4.78 is 13.3. The number of ether oxygens (including phenoxy) is 1. The summed E-state index contributed by atoms with van der Waals surface area (Å²) >= 11 is 0. The molecule has 0 bridgehead atoms. The first-order valence-corrected chi connectivity index (χ1v) is 18.2. The molecule has 0 fully saturated rings. The van der Waals surface area contributed by atoms with Crippen LogP contribution in [0.3, 0.4) is 0 Å². The van der Waals surface area contributed by atoms with Crippen LogP contribution in [0.4, 0.5) is 5.95 Å². The van der Waals surface area contributed by atoms with Crippen molar-refractivity contribution in [1.82, 2.24) is 43.6 Å². The average molecular weight is 759 g/mol. The van der Waals surface area contributed by atoms with E-state index in [-0.39, 0.29) is 31.3 Å². The fourth-order valence-electron chi connectivity index (χ4n) is 6.79. The van der Waals surface area contributed by atoms with Crippen LogP contribution in [-0.2, 0) is 26.2 Å². The Bertz CT molecular complexity index is 2680. The van der Waals surface area contributed by atoms with Crippen LogP contribution in [0.25, 0.3) is 44.5 Å². The number of fused-ring (bicyclic) bond motifs is 4. The second-order valence-corrected chi connectivity index (χ2v) is 13.2. The lowest BCUT2D eigenvalue weighted by Gasteiger charge is -2.13. The van der Waals surface area contributed by atoms with E-state index < -0.39 is 17.7 Å². The van der Waals surface area contributed by atoms with Crippen molar-refractivity contribution in [1.29, 1.82) is 0 Å². The molecule has 0 unspecified atom stereocenters. The Morgan fingerprint density at radius 3 is 2.29 bits per heavy atom. The van der Waals surface area contributed by atoms with Gasteiger partial charge in [0.1, 0.15) is 28.3 Å². The zero-order valence-electron chi connectivity index (χ0n) is 31.5. The predicted molar refractivity (Wildman–Crippen MR) is 210 cm³/mol. The van der Waals surface area contributed by atoms with Gasteiger partial charge in [0, 0.05) is 67.3 Å². The van der Waals surface area contributed by atoms with Crippen LogP contribution in [0.5, 0.6) is 5.75 Å². The molecule has 0 aliphatic heterocycles. The molecular formula is C39H42N12O5. The van der Waals surface area contributed by atoms with E-state index in [1.807, 2.05) is 61.2 Å².